The van der Waals surface area contributed by atoms with Gasteiger partial charge in [0.2, 0.25) is 0 Å². The Bertz CT molecular complexity index is 1170. The van der Waals surface area contributed by atoms with E-state index in [2.05, 4.69) is 15.3 Å². The van der Waals surface area contributed by atoms with Gasteiger partial charge in [-0.15, -0.1) is 0 Å². The summed E-state index contributed by atoms with van der Waals surface area (Å²) in [5.74, 6) is 0.758. The van der Waals surface area contributed by atoms with Crippen LogP contribution in [0.1, 0.15) is 49.2 Å². The van der Waals surface area contributed by atoms with Gasteiger partial charge >= 0.3 is 0 Å². The van der Waals surface area contributed by atoms with Crippen LogP contribution in [0.4, 0.5) is 23.4 Å². The van der Waals surface area contributed by atoms with E-state index in [1.165, 1.54) is 18.3 Å². The molecule has 2 aromatic heterocycles. The lowest BCUT2D eigenvalue weighted by Crippen LogP contribution is -2.35. The minimum atomic E-state index is -2.66. The molecule has 0 spiro atoms. The molecule has 4 rings (SSSR count). The second-order valence-electron chi connectivity index (χ2n) is 7.59. The predicted molar refractivity (Wildman–Crippen MR) is 112 cm³/mol. The summed E-state index contributed by atoms with van der Waals surface area (Å²) in [6.07, 6.45) is -3.40. The zero-order valence-corrected chi connectivity index (χ0v) is 16.4. The van der Waals surface area contributed by atoms with Crippen LogP contribution < -0.4 is 10.9 Å². The van der Waals surface area contributed by atoms with Crippen LogP contribution in [0.3, 0.4) is 0 Å². The zero-order chi connectivity index (χ0) is 21.6. The van der Waals surface area contributed by atoms with Crippen LogP contribution in [-0.4, -0.2) is 21.0 Å². The summed E-state index contributed by atoms with van der Waals surface area (Å²) in [5.41, 5.74) is -0.577. The topological polar surface area (TPSA) is 59.8 Å². The van der Waals surface area contributed by atoms with Gasteiger partial charge in [0.25, 0.3) is 18.4 Å². The minimum Gasteiger partial charge on any atom is -0.365 e. The van der Waals surface area contributed by atoms with E-state index < -0.39 is 23.9 Å². The summed E-state index contributed by atoms with van der Waals surface area (Å²) in [4.78, 5) is 21.0. The molecule has 0 aliphatic heterocycles. The first-order valence-electron chi connectivity index (χ1n) is 9.53. The number of alkyl halides is 4. The lowest BCUT2D eigenvalue weighted by molar-refractivity contribution is 0.0654. The van der Waals surface area contributed by atoms with E-state index in [-0.39, 0.29) is 32.4 Å². The zero-order valence-electron chi connectivity index (χ0n) is 16.4. The average molecular weight is 436 g/mol. The highest BCUT2D eigenvalue weighted by Gasteiger charge is 2.53. The van der Waals surface area contributed by atoms with Crippen molar-refractivity contribution < 1.29 is 17.6 Å². The molecule has 2 heterocycles. The number of aryl methyl sites for hydroxylation is 1. The number of pyridine rings is 1. The number of halogens is 4. The van der Waals surface area contributed by atoms with Crippen LogP contribution in [0, 0.1) is 13.8 Å². The Balaban J connectivity index is 0.00000272. The Kier molecular flexibility index (Phi) is 6.07. The number of nitrogens with one attached hydrogen (secondary N) is 1. The van der Waals surface area contributed by atoms with Gasteiger partial charge in [0.05, 0.1) is 10.9 Å². The van der Waals surface area contributed by atoms with E-state index in [1.807, 2.05) is 0 Å². The van der Waals surface area contributed by atoms with Crippen LogP contribution in [0.25, 0.3) is 10.9 Å². The molecule has 0 amide bonds. The van der Waals surface area contributed by atoms with E-state index in [9.17, 15) is 22.4 Å². The maximum Gasteiger partial charge on any atom is 0.264 e. The molecule has 1 aromatic carbocycles. The first kappa shape index (κ1) is 22.7. The molecule has 1 saturated carbocycles. The van der Waals surface area contributed by atoms with Gasteiger partial charge in [-0.3, -0.25) is 4.79 Å². The lowest BCUT2D eigenvalue weighted by Gasteiger charge is -2.19. The van der Waals surface area contributed by atoms with E-state index in [0.29, 0.717) is 33.7 Å². The fourth-order valence-electron chi connectivity index (χ4n) is 3.70. The minimum absolute atomic E-state index is 0. The van der Waals surface area contributed by atoms with Crippen molar-refractivity contribution in [1.29, 1.82) is 0 Å². The van der Waals surface area contributed by atoms with Crippen molar-refractivity contribution in [2.75, 3.05) is 5.32 Å². The molecule has 0 saturated heterocycles. The number of anilines is 1. The van der Waals surface area contributed by atoms with E-state index in [0.717, 1.165) is 4.57 Å². The summed E-state index contributed by atoms with van der Waals surface area (Å²) < 4.78 is 54.5. The SMILES string of the molecule is C.Cc1nc(NCc2cccc(C(F)F)c2C)c2cn(C3(C(F)F)CC3)c(=O)cc2n1. The smallest absolute Gasteiger partial charge is 0.264 e. The Morgan fingerprint density at radius 2 is 1.87 bits per heavy atom. The number of aromatic nitrogens is 3. The predicted octanol–water partition coefficient (Wildman–Crippen LogP) is 5.35. The molecular formula is C22H24F4N4O. The maximum atomic E-state index is 13.6. The first-order chi connectivity index (χ1) is 14.2. The third kappa shape index (κ3) is 4.00. The lowest BCUT2D eigenvalue weighted by atomic mass is 10.0. The van der Waals surface area contributed by atoms with Crippen molar-refractivity contribution in [1.82, 2.24) is 14.5 Å². The van der Waals surface area contributed by atoms with Crippen molar-refractivity contribution in [3.63, 3.8) is 0 Å². The number of fused-ring (bicyclic) bond motifs is 1. The average Bonchev–Trinajstić information content (AvgIpc) is 3.48. The fraction of sp³-hybridized carbons (Fsp3) is 0.409. The van der Waals surface area contributed by atoms with Crippen molar-refractivity contribution in [2.45, 2.75) is 59.1 Å². The van der Waals surface area contributed by atoms with Crippen LogP contribution in [-0.2, 0) is 12.1 Å². The van der Waals surface area contributed by atoms with E-state index >= 15 is 0 Å². The monoisotopic (exact) mass is 436 g/mol. The van der Waals surface area contributed by atoms with Gasteiger partial charge in [-0.2, -0.15) is 0 Å². The van der Waals surface area contributed by atoms with Crippen molar-refractivity contribution >= 4 is 16.7 Å². The second kappa shape index (κ2) is 8.28. The highest BCUT2D eigenvalue weighted by Crippen LogP contribution is 2.48. The summed E-state index contributed by atoms with van der Waals surface area (Å²) >= 11 is 0. The molecule has 166 valence electrons. The molecule has 9 heteroatoms. The quantitative estimate of drug-likeness (QED) is 0.530. The standard InChI is InChI=1S/C21H20F4N4O.CH4/c1-11-13(4-3-5-14(11)18(22)23)9-26-19-15-10-29(21(6-7-21)20(24)25)17(30)8-16(15)27-12(2)28-19;/h3-5,8,10,18,20H,6-7,9H2,1-2H3,(H,26,27,28);1H4. The molecule has 1 aliphatic carbocycles. The van der Waals surface area contributed by atoms with Gasteiger partial charge in [-0.1, -0.05) is 25.6 Å². The third-order valence-electron chi connectivity index (χ3n) is 5.66. The maximum absolute atomic E-state index is 13.6. The van der Waals surface area contributed by atoms with Gasteiger partial charge in [0, 0.05) is 24.4 Å². The Hall–Kier alpha value is -2.97. The molecule has 5 nitrogen and oxygen atoms in total. The summed E-state index contributed by atoms with van der Waals surface area (Å²) in [6.45, 7) is 3.48. The van der Waals surface area contributed by atoms with Crippen LogP contribution >= 0.6 is 0 Å². The Morgan fingerprint density at radius 3 is 2.48 bits per heavy atom. The summed E-state index contributed by atoms with van der Waals surface area (Å²) in [7, 11) is 0. The molecule has 0 radical (unpaired) electrons. The number of hydrogen-bond acceptors (Lipinski definition) is 4. The molecule has 3 aromatic rings. The molecular weight excluding hydrogens is 412 g/mol. The highest BCUT2D eigenvalue weighted by atomic mass is 19.3. The molecule has 1 N–H and O–H groups in total. The van der Waals surface area contributed by atoms with E-state index in [1.54, 1.807) is 26.0 Å². The molecule has 0 unspecified atom stereocenters. The second-order valence-corrected chi connectivity index (χ2v) is 7.59. The summed E-state index contributed by atoms with van der Waals surface area (Å²) in [6, 6.07) is 5.91. The van der Waals surface area contributed by atoms with Gasteiger partial charge in [-0.05, 0) is 37.8 Å². The molecule has 0 atom stereocenters. The van der Waals surface area contributed by atoms with E-state index in [4.69, 9.17) is 0 Å². The van der Waals surface area contributed by atoms with Crippen molar-refractivity contribution in [2.24, 2.45) is 0 Å². The summed E-state index contributed by atoms with van der Waals surface area (Å²) in [5, 5.41) is 3.53. The van der Waals surface area contributed by atoms with Gasteiger partial charge in [0.15, 0.2) is 0 Å². The Labute approximate surface area is 177 Å². The molecule has 31 heavy (non-hydrogen) atoms. The van der Waals surface area contributed by atoms with Gasteiger partial charge in [0.1, 0.15) is 17.2 Å². The number of benzene rings is 1. The fourth-order valence-corrected chi connectivity index (χ4v) is 3.70. The number of nitrogens with zero attached hydrogens (tertiary/aromatic N) is 3. The van der Waals surface area contributed by atoms with Crippen molar-refractivity contribution in [3.05, 3.63) is 63.3 Å². The van der Waals surface area contributed by atoms with Crippen molar-refractivity contribution in [3.8, 4) is 0 Å². The van der Waals surface area contributed by atoms with Gasteiger partial charge in [-0.25, -0.2) is 27.5 Å². The molecule has 1 aliphatic rings. The number of hydrogen-bond donors (Lipinski definition) is 1. The van der Waals surface area contributed by atoms with Crippen LogP contribution in [0.15, 0.2) is 35.3 Å². The molecule has 1 fully saturated rings. The van der Waals surface area contributed by atoms with Crippen LogP contribution in [0.5, 0.6) is 0 Å². The Morgan fingerprint density at radius 1 is 1.16 bits per heavy atom. The molecule has 0 bridgehead atoms. The largest absolute Gasteiger partial charge is 0.365 e. The number of rotatable bonds is 6. The normalized spacial score (nSPS) is 14.7. The highest BCUT2D eigenvalue weighted by molar-refractivity contribution is 5.88. The third-order valence-corrected chi connectivity index (χ3v) is 5.66. The van der Waals surface area contributed by atoms with Gasteiger partial charge < -0.3 is 9.88 Å². The van der Waals surface area contributed by atoms with Crippen LogP contribution in [0.2, 0.25) is 0 Å². The first-order valence-corrected chi connectivity index (χ1v) is 9.53.